The van der Waals surface area contributed by atoms with Crippen LogP contribution in [0.1, 0.15) is 5.56 Å². The van der Waals surface area contributed by atoms with E-state index in [1.807, 2.05) is 0 Å². The minimum Gasteiger partial charge on any atom is -0.508 e. The SMILES string of the molecule is NC(CF)(Cc1cccc(O)c1)C(=O)O. The molecule has 4 N–H and O–H groups in total. The van der Waals surface area contributed by atoms with Gasteiger partial charge < -0.3 is 15.9 Å². The number of carboxylic acids is 1. The molecule has 4 nitrogen and oxygen atoms in total. The van der Waals surface area contributed by atoms with Crippen molar-refractivity contribution >= 4 is 5.97 Å². The van der Waals surface area contributed by atoms with Gasteiger partial charge in [-0.1, -0.05) is 12.1 Å². The standard InChI is InChI=1S/C10H12FNO3/c11-6-10(12,9(14)15)5-7-2-1-3-8(13)4-7/h1-4,13H,5-6,12H2,(H,14,15). The average Bonchev–Trinajstić information content (AvgIpc) is 2.17. The second-order valence-corrected chi connectivity index (χ2v) is 3.44. The van der Waals surface area contributed by atoms with Gasteiger partial charge in [0.15, 0.2) is 0 Å². The largest absolute Gasteiger partial charge is 0.508 e. The summed E-state index contributed by atoms with van der Waals surface area (Å²) in [6.45, 7) is -1.15. The van der Waals surface area contributed by atoms with Crippen LogP contribution in [0, 0.1) is 0 Å². The first-order valence-corrected chi connectivity index (χ1v) is 4.34. The molecule has 1 aromatic carbocycles. The number of alkyl halides is 1. The number of aromatic hydroxyl groups is 1. The Bertz CT molecular complexity index is 369. The predicted octanol–water partition coefficient (Wildman–Crippen LogP) is 0.686. The van der Waals surface area contributed by atoms with Gasteiger partial charge in [0.1, 0.15) is 18.0 Å². The second-order valence-electron chi connectivity index (χ2n) is 3.44. The van der Waals surface area contributed by atoms with Crippen molar-refractivity contribution in [2.75, 3.05) is 6.67 Å². The lowest BCUT2D eigenvalue weighted by molar-refractivity contribution is -0.143. The molecule has 1 unspecified atom stereocenters. The molecule has 15 heavy (non-hydrogen) atoms. The van der Waals surface area contributed by atoms with Crippen LogP contribution in [0.15, 0.2) is 24.3 Å². The Labute approximate surface area is 86.1 Å². The summed E-state index contributed by atoms with van der Waals surface area (Å²) in [5.74, 6) is -1.40. The van der Waals surface area contributed by atoms with Crippen LogP contribution in [-0.2, 0) is 11.2 Å². The summed E-state index contributed by atoms with van der Waals surface area (Å²) >= 11 is 0. The number of nitrogens with two attached hydrogens (primary N) is 1. The van der Waals surface area contributed by atoms with E-state index in [1.54, 1.807) is 12.1 Å². The minimum atomic E-state index is -1.92. The Hall–Kier alpha value is -1.62. The zero-order chi connectivity index (χ0) is 11.5. The first kappa shape index (κ1) is 11.5. The summed E-state index contributed by atoms with van der Waals surface area (Å²) in [7, 11) is 0. The van der Waals surface area contributed by atoms with Crippen LogP contribution in [0.25, 0.3) is 0 Å². The van der Waals surface area contributed by atoms with Crippen molar-refractivity contribution in [3.05, 3.63) is 29.8 Å². The van der Waals surface area contributed by atoms with Crippen LogP contribution in [0.3, 0.4) is 0 Å². The van der Waals surface area contributed by atoms with Crippen molar-refractivity contribution in [2.45, 2.75) is 12.0 Å². The Morgan fingerprint density at radius 3 is 2.67 bits per heavy atom. The fraction of sp³-hybridized carbons (Fsp3) is 0.300. The van der Waals surface area contributed by atoms with E-state index in [0.717, 1.165) is 0 Å². The molecular formula is C10H12FNO3. The number of hydrogen-bond acceptors (Lipinski definition) is 3. The predicted molar refractivity (Wildman–Crippen MR) is 52.3 cm³/mol. The number of halogens is 1. The molecule has 0 saturated heterocycles. The summed E-state index contributed by atoms with van der Waals surface area (Å²) in [6, 6.07) is 5.93. The summed E-state index contributed by atoms with van der Waals surface area (Å²) in [4.78, 5) is 10.7. The topological polar surface area (TPSA) is 83.5 Å². The van der Waals surface area contributed by atoms with Crippen LogP contribution < -0.4 is 5.73 Å². The lowest BCUT2D eigenvalue weighted by Gasteiger charge is -2.20. The van der Waals surface area contributed by atoms with Crippen molar-refractivity contribution in [1.29, 1.82) is 0 Å². The lowest BCUT2D eigenvalue weighted by Crippen LogP contribution is -2.52. The second kappa shape index (κ2) is 4.27. The summed E-state index contributed by atoms with van der Waals surface area (Å²) in [6.07, 6.45) is -0.159. The number of carbonyl (C=O) groups is 1. The highest BCUT2D eigenvalue weighted by atomic mass is 19.1. The molecule has 5 heteroatoms. The Morgan fingerprint density at radius 1 is 1.53 bits per heavy atom. The van der Waals surface area contributed by atoms with Gasteiger partial charge in [-0.3, -0.25) is 4.79 Å². The van der Waals surface area contributed by atoms with Crippen LogP contribution in [-0.4, -0.2) is 28.4 Å². The number of benzene rings is 1. The van der Waals surface area contributed by atoms with Crippen LogP contribution in [0.2, 0.25) is 0 Å². The number of rotatable bonds is 4. The zero-order valence-electron chi connectivity index (χ0n) is 7.98. The van der Waals surface area contributed by atoms with Gasteiger partial charge >= 0.3 is 5.97 Å². The monoisotopic (exact) mass is 213 g/mol. The summed E-state index contributed by atoms with van der Waals surface area (Å²) in [5.41, 5.74) is 3.93. The maximum Gasteiger partial charge on any atom is 0.326 e. The van der Waals surface area contributed by atoms with Gasteiger partial charge in [0.25, 0.3) is 0 Å². The van der Waals surface area contributed by atoms with Gasteiger partial charge in [0.2, 0.25) is 0 Å². The molecular weight excluding hydrogens is 201 g/mol. The van der Waals surface area contributed by atoms with E-state index in [9.17, 15) is 9.18 Å². The molecule has 1 rings (SSSR count). The first-order valence-electron chi connectivity index (χ1n) is 4.34. The smallest absolute Gasteiger partial charge is 0.326 e. The molecule has 0 saturated carbocycles. The number of phenolic OH excluding ortho intramolecular Hbond substituents is 1. The molecule has 82 valence electrons. The molecule has 0 heterocycles. The molecule has 0 bridgehead atoms. The van der Waals surface area contributed by atoms with Crippen molar-refractivity contribution in [1.82, 2.24) is 0 Å². The van der Waals surface area contributed by atoms with E-state index in [1.165, 1.54) is 12.1 Å². The van der Waals surface area contributed by atoms with E-state index in [0.29, 0.717) is 5.56 Å². The Morgan fingerprint density at radius 2 is 2.20 bits per heavy atom. The minimum absolute atomic E-state index is 0.000836. The van der Waals surface area contributed by atoms with Crippen molar-refractivity contribution in [3.63, 3.8) is 0 Å². The number of phenols is 1. The third-order valence-electron chi connectivity index (χ3n) is 2.09. The molecule has 0 aliphatic heterocycles. The van der Waals surface area contributed by atoms with Crippen molar-refractivity contribution < 1.29 is 19.4 Å². The number of carboxylic acid groups (broad SMARTS) is 1. The van der Waals surface area contributed by atoms with Crippen molar-refractivity contribution in [3.8, 4) is 5.75 Å². The van der Waals surface area contributed by atoms with Crippen LogP contribution >= 0.6 is 0 Å². The number of hydrogen-bond donors (Lipinski definition) is 3. The normalized spacial score (nSPS) is 14.5. The van der Waals surface area contributed by atoms with E-state index in [-0.39, 0.29) is 12.2 Å². The molecule has 1 atom stereocenters. The maximum absolute atomic E-state index is 12.5. The van der Waals surface area contributed by atoms with Gasteiger partial charge in [0, 0.05) is 6.42 Å². The molecule has 0 spiro atoms. The third kappa shape index (κ3) is 2.66. The van der Waals surface area contributed by atoms with E-state index in [4.69, 9.17) is 15.9 Å². The van der Waals surface area contributed by atoms with Crippen molar-refractivity contribution in [2.24, 2.45) is 5.73 Å². The third-order valence-corrected chi connectivity index (χ3v) is 2.09. The highest BCUT2D eigenvalue weighted by Crippen LogP contribution is 2.16. The van der Waals surface area contributed by atoms with E-state index >= 15 is 0 Å². The molecule has 0 radical (unpaired) electrons. The molecule has 0 fully saturated rings. The van der Waals surface area contributed by atoms with Gasteiger partial charge in [-0.15, -0.1) is 0 Å². The van der Waals surface area contributed by atoms with Gasteiger partial charge in [-0.05, 0) is 17.7 Å². The Kier molecular flexibility index (Phi) is 3.26. The quantitative estimate of drug-likeness (QED) is 0.687. The number of aliphatic carboxylic acids is 1. The van der Waals surface area contributed by atoms with E-state index < -0.39 is 18.2 Å². The Balaban J connectivity index is 2.89. The van der Waals surface area contributed by atoms with Crippen LogP contribution in [0.5, 0.6) is 5.75 Å². The molecule has 0 amide bonds. The van der Waals surface area contributed by atoms with Gasteiger partial charge in [-0.25, -0.2) is 4.39 Å². The molecule has 1 aromatic rings. The van der Waals surface area contributed by atoms with E-state index in [2.05, 4.69) is 0 Å². The maximum atomic E-state index is 12.5. The summed E-state index contributed by atoms with van der Waals surface area (Å²) in [5, 5.41) is 17.9. The lowest BCUT2D eigenvalue weighted by atomic mass is 9.93. The summed E-state index contributed by atoms with van der Waals surface area (Å²) < 4.78 is 12.5. The first-order chi connectivity index (χ1) is 6.98. The van der Waals surface area contributed by atoms with Gasteiger partial charge in [-0.2, -0.15) is 0 Å². The highest BCUT2D eigenvalue weighted by Gasteiger charge is 2.34. The fourth-order valence-corrected chi connectivity index (χ4v) is 1.21. The average molecular weight is 213 g/mol. The van der Waals surface area contributed by atoms with Gasteiger partial charge in [0.05, 0.1) is 0 Å². The fourth-order valence-electron chi connectivity index (χ4n) is 1.21. The zero-order valence-corrected chi connectivity index (χ0v) is 7.98. The van der Waals surface area contributed by atoms with Crippen LogP contribution in [0.4, 0.5) is 4.39 Å². The molecule has 0 aliphatic rings. The molecule has 0 aromatic heterocycles. The highest BCUT2D eigenvalue weighted by molar-refractivity contribution is 5.79. The molecule has 0 aliphatic carbocycles.